The molecule has 0 radical (unpaired) electrons. The molecular weight excluding hydrogens is 224 g/mol. The molecule has 1 aromatic heterocycles. The number of hydrogen-bond acceptors (Lipinski definition) is 3. The van der Waals surface area contributed by atoms with Gasteiger partial charge in [0.2, 0.25) is 0 Å². The molecule has 0 amide bonds. The molecule has 1 saturated carbocycles. The second-order valence-electron chi connectivity index (χ2n) is 5.24. The average Bonchev–Trinajstić information content (AvgIpc) is 2.74. The zero-order valence-corrected chi connectivity index (χ0v) is 11.7. The number of rotatable bonds is 5. The van der Waals surface area contributed by atoms with Gasteiger partial charge >= 0.3 is 0 Å². The highest BCUT2D eigenvalue weighted by atomic mass is 15.3. The predicted octanol–water partition coefficient (Wildman–Crippen LogP) is 2.71. The maximum absolute atomic E-state index is 4.52. The molecule has 0 aromatic carbocycles. The first-order valence-corrected chi connectivity index (χ1v) is 7.47. The van der Waals surface area contributed by atoms with Crippen molar-refractivity contribution in [2.45, 2.75) is 70.9 Å². The Balaban J connectivity index is 2.14. The first-order valence-electron chi connectivity index (χ1n) is 7.47. The van der Waals surface area contributed by atoms with Gasteiger partial charge in [0.05, 0.1) is 0 Å². The fraction of sp³-hybridized carbons (Fsp3) is 0.857. The van der Waals surface area contributed by atoms with Crippen molar-refractivity contribution in [3.05, 3.63) is 12.2 Å². The molecule has 0 spiro atoms. The van der Waals surface area contributed by atoms with Crippen LogP contribution < -0.4 is 5.32 Å². The van der Waals surface area contributed by atoms with Crippen LogP contribution in [0.4, 0.5) is 0 Å². The summed E-state index contributed by atoms with van der Waals surface area (Å²) in [6.07, 6.45) is 9.47. The molecule has 2 unspecified atom stereocenters. The van der Waals surface area contributed by atoms with Gasteiger partial charge in [0, 0.05) is 18.5 Å². The molecule has 18 heavy (non-hydrogen) atoms. The van der Waals surface area contributed by atoms with Gasteiger partial charge in [-0.05, 0) is 32.7 Å². The monoisotopic (exact) mass is 250 g/mol. The van der Waals surface area contributed by atoms with Crippen LogP contribution in [0.25, 0.3) is 0 Å². The van der Waals surface area contributed by atoms with Gasteiger partial charge in [-0.15, -0.1) is 0 Å². The molecular formula is C14H26N4. The smallest absolute Gasteiger partial charge is 0.138 e. The Morgan fingerprint density at radius 3 is 2.89 bits per heavy atom. The van der Waals surface area contributed by atoms with Gasteiger partial charge in [-0.25, -0.2) is 4.98 Å². The van der Waals surface area contributed by atoms with Crippen molar-refractivity contribution < 1.29 is 0 Å². The third-order valence-corrected chi connectivity index (χ3v) is 3.95. The van der Waals surface area contributed by atoms with Gasteiger partial charge in [0.1, 0.15) is 12.2 Å². The highest BCUT2D eigenvalue weighted by Gasteiger charge is 2.28. The summed E-state index contributed by atoms with van der Waals surface area (Å²) >= 11 is 0. The van der Waals surface area contributed by atoms with Gasteiger partial charge in [-0.1, -0.05) is 26.2 Å². The van der Waals surface area contributed by atoms with Gasteiger partial charge in [-0.2, -0.15) is 5.10 Å². The maximum Gasteiger partial charge on any atom is 0.138 e. The van der Waals surface area contributed by atoms with Gasteiger partial charge in [0.15, 0.2) is 0 Å². The van der Waals surface area contributed by atoms with E-state index in [1.54, 1.807) is 6.33 Å². The molecule has 1 N–H and O–H groups in total. The minimum absolute atomic E-state index is 0.543. The predicted molar refractivity (Wildman–Crippen MR) is 73.6 cm³/mol. The van der Waals surface area contributed by atoms with Crippen LogP contribution >= 0.6 is 0 Å². The lowest BCUT2D eigenvalue weighted by atomic mass is 9.93. The lowest BCUT2D eigenvalue weighted by Gasteiger charge is -2.25. The molecule has 1 heterocycles. The minimum atomic E-state index is 0.543. The Kier molecular flexibility index (Phi) is 5.17. The van der Waals surface area contributed by atoms with Gasteiger partial charge in [-0.3, -0.25) is 4.68 Å². The summed E-state index contributed by atoms with van der Waals surface area (Å²) in [6.45, 7) is 6.41. The summed E-state index contributed by atoms with van der Waals surface area (Å²) in [5.41, 5.74) is 0. The highest BCUT2D eigenvalue weighted by molar-refractivity contribution is 5.02. The third kappa shape index (κ3) is 3.10. The van der Waals surface area contributed by atoms with Crippen LogP contribution in [0, 0.1) is 0 Å². The maximum atomic E-state index is 4.52. The van der Waals surface area contributed by atoms with E-state index in [0.717, 1.165) is 13.1 Å². The largest absolute Gasteiger partial charge is 0.313 e. The zero-order valence-electron chi connectivity index (χ0n) is 11.7. The number of nitrogens with zero attached hydrogens (tertiary/aromatic N) is 3. The van der Waals surface area contributed by atoms with E-state index < -0.39 is 0 Å². The molecule has 1 aromatic rings. The van der Waals surface area contributed by atoms with E-state index in [1.807, 2.05) is 0 Å². The summed E-state index contributed by atoms with van der Waals surface area (Å²) in [5, 5.41) is 8.05. The molecule has 0 saturated heterocycles. The Labute approximate surface area is 110 Å². The number of aryl methyl sites for hydroxylation is 1. The van der Waals surface area contributed by atoms with Crippen LogP contribution in [-0.4, -0.2) is 27.4 Å². The number of aromatic nitrogens is 3. The average molecular weight is 250 g/mol. The molecule has 2 rings (SSSR count). The van der Waals surface area contributed by atoms with Crippen molar-refractivity contribution in [3.8, 4) is 0 Å². The SMILES string of the molecule is CCCNC1CCCCCC1c1ncnn1CC. The van der Waals surface area contributed by atoms with Crippen LogP contribution in [0.2, 0.25) is 0 Å². The Bertz CT molecular complexity index is 347. The van der Waals surface area contributed by atoms with Crippen LogP contribution in [0.5, 0.6) is 0 Å². The van der Waals surface area contributed by atoms with E-state index in [1.165, 1.54) is 44.3 Å². The first-order chi connectivity index (χ1) is 8.86. The fourth-order valence-corrected chi connectivity index (χ4v) is 2.99. The lowest BCUT2D eigenvalue weighted by molar-refractivity contribution is 0.384. The molecule has 102 valence electrons. The van der Waals surface area contributed by atoms with E-state index >= 15 is 0 Å². The van der Waals surface area contributed by atoms with Gasteiger partial charge in [0.25, 0.3) is 0 Å². The lowest BCUT2D eigenvalue weighted by Crippen LogP contribution is -2.36. The molecule has 4 heteroatoms. The molecule has 1 aliphatic rings. The molecule has 1 fully saturated rings. The minimum Gasteiger partial charge on any atom is -0.313 e. The number of nitrogens with one attached hydrogen (secondary N) is 1. The molecule has 2 atom stereocenters. The van der Waals surface area contributed by atoms with Crippen LogP contribution in [0.3, 0.4) is 0 Å². The first kappa shape index (κ1) is 13.5. The summed E-state index contributed by atoms with van der Waals surface area (Å²) in [5.74, 6) is 1.73. The normalized spacial score (nSPS) is 25.0. The summed E-state index contributed by atoms with van der Waals surface area (Å²) in [6, 6.07) is 0.585. The Morgan fingerprint density at radius 1 is 1.28 bits per heavy atom. The fourth-order valence-electron chi connectivity index (χ4n) is 2.99. The summed E-state index contributed by atoms with van der Waals surface area (Å²) in [4.78, 5) is 4.52. The van der Waals surface area contributed by atoms with E-state index in [2.05, 4.69) is 33.9 Å². The summed E-state index contributed by atoms with van der Waals surface area (Å²) < 4.78 is 2.07. The van der Waals surface area contributed by atoms with E-state index in [-0.39, 0.29) is 0 Å². The van der Waals surface area contributed by atoms with Crippen molar-refractivity contribution in [2.24, 2.45) is 0 Å². The van der Waals surface area contributed by atoms with E-state index in [9.17, 15) is 0 Å². The molecule has 4 nitrogen and oxygen atoms in total. The summed E-state index contributed by atoms with van der Waals surface area (Å²) in [7, 11) is 0. The van der Waals surface area contributed by atoms with E-state index in [4.69, 9.17) is 0 Å². The van der Waals surface area contributed by atoms with Crippen molar-refractivity contribution in [3.63, 3.8) is 0 Å². The topological polar surface area (TPSA) is 42.7 Å². The van der Waals surface area contributed by atoms with Crippen LogP contribution in [0.1, 0.15) is 64.1 Å². The third-order valence-electron chi connectivity index (χ3n) is 3.95. The second-order valence-corrected chi connectivity index (χ2v) is 5.24. The quantitative estimate of drug-likeness (QED) is 0.817. The Morgan fingerprint density at radius 2 is 2.11 bits per heavy atom. The standard InChI is InChI=1S/C14H26N4/c1-3-10-15-13-9-7-5-6-8-12(13)14-16-11-17-18(14)4-2/h11-13,15H,3-10H2,1-2H3. The van der Waals surface area contributed by atoms with E-state index in [0.29, 0.717) is 12.0 Å². The van der Waals surface area contributed by atoms with Crippen LogP contribution in [0.15, 0.2) is 6.33 Å². The van der Waals surface area contributed by atoms with Crippen molar-refractivity contribution in [1.82, 2.24) is 20.1 Å². The van der Waals surface area contributed by atoms with Crippen molar-refractivity contribution >= 4 is 0 Å². The Hall–Kier alpha value is -0.900. The van der Waals surface area contributed by atoms with Crippen molar-refractivity contribution in [2.75, 3.05) is 6.54 Å². The van der Waals surface area contributed by atoms with Crippen LogP contribution in [-0.2, 0) is 6.54 Å². The van der Waals surface area contributed by atoms with Crippen molar-refractivity contribution in [1.29, 1.82) is 0 Å². The second kappa shape index (κ2) is 6.88. The van der Waals surface area contributed by atoms with Gasteiger partial charge < -0.3 is 5.32 Å². The molecule has 0 aliphatic heterocycles. The highest BCUT2D eigenvalue weighted by Crippen LogP contribution is 2.30. The molecule has 0 bridgehead atoms. The zero-order chi connectivity index (χ0) is 12.8. The molecule has 1 aliphatic carbocycles. The number of hydrogen-bond donors (Lipinski definition) is 1.